The van der Waals surface area contributed by atoms with Crippen molar-refractivity contribution in [1.82, 2.24) is 25.9 Å². The van der Waals surface area contributed by atoms with Crippen molar-refractivity contribution < 1.29 is 34.2 Å². The number of aromatic amines is 1. The predicted molar refractivity (Wildman–Crippen MR) is 135 cm³/mol. The van der Waals surface area contributed by atoms with E-state index < -0.39 is 60.2 Å². The number of amides is 3. The van der Waals surface area contributed by atoms with Gasteiger partial charge in [-0.1, -0.05) is 13.8 Å². The lowest BCUT2D eigenvalue weighted by atomic mass is 10.0. The number of nitrogens with zero attached hydrogens (tertiary/aromatic N) is 2. The highest BCUT2D eigenvalue weighted by Gasteiger charge is 2.31. The number of H-pyrrole nitrogens is 1. The lowest BCUT2D eigenvalue weighted by Gasteiger charge is -2.25. The van der Waals surface area contributed by atoms with Crippen molar-refractivity contribution in [3.63, 3.8) is 0 Å². The second-order valence-corrected chi connectivity index (χ2v) is 8.95. The number of rotatable bonds is 17. The molecule has 0 fully saturated rings. The quantitative estimate of drug-likeness (QED) is 0.0561. The molecule has 0 saturated heterocycles. The van der Waals surface area contributed by atoms with E-state index in [1.807, 2.05) is 0 Å². The van der Waals surface area contributed by atoms with Crippen molar-refractivity contribution in [3.8, 4) is 0 Å². The summed E-state index contributed by atoms with van der Waals surface area (Å²) in [6.45, 7) is 3.60. The number of carboxylic acids is 2. The van der Waals surface area contributed by atoms with Gasteiger partial charge in [0.05, 0.1) is 12.4 Å². The zero-order valence-electron chi connectivity index (χ0n) is 21.3. The van der Waals surface area contributed by atoms with Gasteiger partial charge in [0.1, 0.15) is 18.1 Å². The van der Waals surface area contributed by atoms with E-state index in [1.54, 1.807) is 13.8 Å². The van der Waals surface area contributed by atoms with Gasteiger partial charge in [0.2, 0.25) is 17.7 Å². The van der Waals surface area contributed by atoms with Gasteiger partial charge in [-0.25, -0.2) is 9.78 Å². The van der Waals surface area contributed by atoms with Gasteiger partial charge in [-0.05, 0) is 25.2 Å². The van der Waals surface area contributed by atoms with E-state index in [0.29, 0.717) is 5.69 Å². The second-order valence-electron chi connectivity index (χ2n) is 8.95. The molecule has 16 heteroatoms. The molecule has 0 bridgehead atoms. The Hall–Kier alpha value is -4.21. The number of nitrogens with two attached hydrogens (primary N) is 3. The van der Waals surface area contributed by atoms with E-state index in [-0.39, 0.29) is 44.1 Å². The van der Waals surface area contributed by atoms with Gasteiger partial charge in [-0.15, -0.1) is 0 Å². The molecule has 12 N–H and O–H groups in total. The van der Waals surface area contributed by atoms with E-state index in [1.165, 1.54) is 12.5 Å². The molecular weight excluding hydrogens is 502 g/mol. The normalized spacial score (nSPS) is 14.0. The number of carboxylic acid groups (broad SMARTS) is 2. The maximum atomic E-state index is 13.2. The fourth-order valence-corrected chi connectivity index (χ4v) is 3.24. The van der Waals surface area contributed by atoms with Crippen LogP contribution in [0.2, 0.25) is 0 Å². The van der Waals surface area contributed by atoms with Crippen LogP contribution in [0.25, 0.3) is 0 Å². The molecule has 0 spiro atoms. The predicted octanol–water partition coefficient (Wildman–Crippen LogP) is -2.61. The average molecular weight is 540 g/mol. The van der Waals surface area contributed by atoms with Crippen molar-refractivity contribution in [2.45, 2.75) is 70.1 Å². The number of aromatic nitrogens is 2. The van der Waals surface area contributed by atoms with Crippen molar-refractivity contribution in [2.24, 2.45) is 28.1 Å². The van der Waals surface area contributed by atoms with Crippen molar-refractivity contribution in [2.75, 3.05) is 6.54 Å². The standard InChI is InChI=1S/C22H37N9O7/c1-11(2)17(23)20(36)31-15(8-12-9-26-10-28-12)19(35)29-13(5-6-16(32)33)18(34)30-14(21(37)38)4-3-7-27-22(24)25/h9-11,13-15,17H,3-8,23H2,1-2H3,(H,26,28)(H,29,35)(H,30,34)(H,31,36)(H,32,33)(H,37,38)(H4,24,25,27). The van der Waals surface area contributed by atoms with Gasteiger partial charge in [-0.2, -0.15) is 0 Å². The van der Waals surface area contributed by atoms with Gasteiger partial charge in [0, 0.05) is 31.3 Å². The molecule has 1 rings (SSSR count). The molecular formula is C22H37N9O7. The molecule has 0 aliphatic rings. The maximum absolute atomic E-state index is 13.2. The largest absolute Gasteiger partial charge is 0.481 e. The summed E-state index contributed by atoms with van der Waals surface area (Å²) < 4.78 is 0. The number of hydrogen-bond acceptors (Lipinski definition) is 8. The molecule has 0 aromatic carbocycles. The fourth-order valence-electron chi connectivity index (χ4n) is 3.24. The van der Waals surface area contributed by atoms with Crippen LogP contribution in [-0.2, 0) is 30.4 Å². The van der Waals surface area contributed by atoms with Gasteiger partial charge in [0.25, 0.3) is 0 Å². The molecule has 212 valence electrons. The average Bonchev–Trinajstić information content (AvgIpc) is 3.34. The lowest BCUT2D eigenvalue weighted by molar-refractivity contribution is -0.143. The molecule has 0 radical (unpaired) electrons. The summed E-state index contributed by atoms with van der Waals surface area (Å²) in [5.41, 5.74) is 16.9. The number of carbonyl (C=O) groups is 5. The Morgan fingerprint density at radius 1 is 0.974 bits per heavy atom. The second kappa shape index (κ2) is 15.8. The number of carbonyl (C=O) groups excluding carboxylic acids is 3. The minimum atomic E-state index is -1.40. The third-order valence-corrected chi connectivity index (χ3v) is 5.47. The highest BCUT2D eigenvalue weighted by Crippen LogP contribution is 2.07. The molecule has 38 heavy (non-hydrogen) atoms. The summed E-state index contributed by atoms with van der Waals surface area (Å²) in [7, 11) is 0. The first-order chi connectivity index (χ1) is 17.8. The minimum Gasteiger partial charge on any atom is -0.481 e. The van der Waals surface area contributed by atoms with Crippen LogP contribution in [0.3, 0.4) is 0 Å². The Bertz CT molecular complexity index is 978. The molecule has 0 aliphatic carbocycles. The van der Waals surface area contributed by atoms with E-state index >= 15 is 0 Å². The van der Waals surface area contributed by atoms with Gasteiger partial charge in [-0.3, -0.25) is 24.2 Å². The molecule has 3 amide bonds. The van der Waals surface area contributed by atoms with E-state index in [9.17, 15) is 29.1 Å². The topological polar surface area (TPSA) is 281 Å². The highest BCUT2D eigenvalue weighted by molar-refractivity contribution is 5.94. The summed E-state index contributed by atoms with van der Waals surface area (Å²) in [6, 6.07) is -4.85. The number of nitrogens with one attached hydrogen (secondary N) is 4. The summed E-state index contributed by atoms with van der Waals surface area (Å²) >= 11 is 0. The zero-order chi connectivity index (χ0) is 28.8. The Balaban J connectivity index is 3.04. The van der Waals surface area contributed by atoms with E-state index in [4.69, 9.17) is 22.3 Å². The number of guanidine groups is 1. The lowest BCUT2D eigenvalue weighted by Crippen LogP contribution is -2.58. The molecule has 0 saturated carbocycles. The highest BCUT2D eigenvalue weighted by atomic mass is 16.4. The van der Waals surface area contributed by atoms with Crippen molar-refractivity contribution in [1.29, 1.82) is 0 Å². The summed E-state index contributed by atoms with van der Waals surface area (Å²) in [4.78, 5) is 71.9. The minimum absolute atomic E-state index is 0.0248. The van der Waals surface area contributed by atoms with Gasteiger partial charge in [0.15, 0.2) is 5.96 Å². The van der Waals surface area contributed by atoms with E-state index in [0.717, 1.165) is 0 Å². The summed E-state index contributed by atoms with van der Waals surface area (Å²) in [6.07, 6.45) is 2.19. The number of aliphatic carboxylic acids is 2. The molecule has 1 aromatic rings. The number of aliphatic imine (C=N–C) groups is 1. The van der Waals surface area contributed by atoms with Crippen LogP contribution < -0.4 is 33.2 Å². The Labute approximate surface area is 219 Å². The van der Waals surface area contributed by atoms with Crippen molar-refractivity contribution in [3.05, 3.63) is 18.2 Å². The van der Waals surface area contributed by atoms with Crippen LogP contribution in [0.4, 0.5) is 0 Å². The Kier molecular flexibility index (Phi) is 13.2. The summed E-state index contributed by atoms with van der Waals surface area (Å²) in [5.74, 6) is -5.25. The van der Waals surface area contributed by atoms with Crippen LogP contribution in [-0.4, -0.2) is 86.5 Å². The molecule has 0 aliphatic heterocycles. The first-order valence-corrected chi connectivity index (χ1v) is 12.0. The molecule has 4 unspecified atom stereocenters. The monoisotopic (exact) mass is 539 g/mol. The molecule has 1 heterocycles. The SMILES string of the molecule is CC(C)C(N)C(=O)NC(Cc1cnc[nH]1)C(=O)NC(CCC(=O)O)C(=O)NC(CCCN=C(N)N)C(=O)O. The van der Waals surface area contributed by atoms with Crippen LogP contribution in [0.1, 0.15) is 45.2 Å². The first-order valence-electron chi connectivity index (χ1n) is 12.0. The zero-order valence-corrected chi connectivity index (χ0v) is 21.3. The fraction of sp³-hybridized carbons (Fsp3) is 0.591. The number of hydrogen-bond donors (Lipinski definition) is 9. The summed E-state index contributed by atoms with van der Waals surface area (Å²) in [5, 5.41) is 25.9. The Morgan fingerprint density at radius 2 is 1.58 bits per heavy atom. The van der Waals surface area contributed by atoms with Gasteiger partial charge >= 0.3 is 11.9 Å². The van der Waals surface area contributed by atoms with Crippen LogP contribution >= 0.6 is 0 Å². The molecule has 4 atom stereocenters. The Morgan fingerprint density at radius 3 is 2.11 bits per heavy atom. The molecule has 16 nitrogen and oxygen atoms in total. The molecule has 1 aromatic heterocycles. The van der Waals surface area contributed by atoms with Crippen LogP contribution in [0, 0.1) is 5.92 Å². The first kappa shape index (κ1) is 31.8. The van der Waals surface area contributed by atoms with Crippen LogP contribution in [0.15, 0.2) is 17.5 Å². The third-order valence-electron chi connectivity index (χ3n) is 5.47. The van der Waals surface area contributed by atoms with Crippen LogP contribution in [0.5, 0.6) is 0 Å². The van der Waals surface area contributed by atoms with Crippen molar-refractivity contribution >= 4 is 35.6 Å². The number of imidazole rings is 1. The maximum Gasteiger partial charge on any atom is 0.326 e. The van der Waals surface area contributed by atoms with E-state index in [2.05, 4.69) is 30.9 Å². The smallest absolute Gasteiger partial charge is 0.326 e. The van der Waals surface area contributed by atoms with Gasteiger partial charge < -0.3 is 48.3 Å². The third kappa shape index (κ3) is 11.7.